The fraction of sp³-hybridized carbons (Fsp3) is 0.538. The second kappa shape index (κ2) is 4.40. The Balaban J connectivity index is 1.45. The van der Waals surface area contributed by atoms with Crippen LogP contribution in [-0.4, -0.2) is 53.7 Å². The normalized spacial score (nSPS) is 21.3. The van der Waals surface area contributed by atoms with E-state index in [-0.39, 0.29) is 11.5 Å². The van der Waals surface area contributed by atoms with E-state index >= 15 is 0 Å². The van der Waals surface area contributed by atoms with E-state index in [2.05, 4.69) is 15.2 Å². The molecule has 1 saturated heterocycles. The maximum atomic E-state index is 11.4. The van der Waals surface area contributed by atoms with Gasteiger partial charge in [0.2, 0.25) is 0 Å². The summed E-state index contributed by atoms with van der Waals surface area (Å²) in [4.78, 5) is 2.27. The molecule has 2 aromatic heterocycles. The number of fused-ring (bicyclic) bond motifs is 1. The first-order chi connectivity index (χ1) is 10.4. The van der Waals surface area contributed by atoms with Gasteiger partial charge in [0.15, 0.2) is 0 Å². The van der Waals surface area contributed by atoms with Crippen LogP contribution in [-0.2, 0) is 10.2 Å². The fourth-order valence-corrected chi connectivity index (χ4v) is 4.26. The molecular weight excluding hydrogens is 304 g/mol. The van der Waals surface area contributed by atoms with Gasteiger partial charge in [-0.15, -0.1) is 5.10 Å². The van der Waals surface area contributed by atoms with Gasteiger partial charge in [-0.25, -0.2) is 9.65 Å². The molecular formula is C13H18N6O2S. The number of hydrogen-bond acceptors (Lipinski definition) is 5. The Morgan fingerprint density at radius 1 is 1.41 bits per heavy atom. The van der Waals surface area contributed by atoms with Crippen molar-refractivity contribution in [2.24, 2.45) is 10.6 Å². The van der Waals surface area contributed by atoms with Crippen molar-refractivity contribution in [3.63, 3.8) is 0 Å². The van der Waals surface area contributed by atoms with Crippen LogP contribution in [0.15, 0.2) is 24.5 Å². The summed E-state index contributed by atoms with van der Waals surface area (Å²) in [5, 5.41) is 13.2. The van der Waals surface area contributed by atoms with Crippen molar-refractivity contribution < 1.29 is 8.42 Å². The third kappa shape index (κ3) is 2.00. The number of hydrogen-bond donors (Lipinski definition) is 1. The number of aromatic nitrogens is 3. The molecule has 2 fully saturated rings. The second-order valence-corrected chi connectivity index (χ2v) is 8.04. The lowest BCUT2D eigenvalue weighted by molar-refractivity contribution is 0.0211. The van der Waals surface area contributed by atoms with Gasteiger partial charge in [0, 0.05) is 37.8 Å². The third-order valence-electron chi connectivity index (χ3n) is 4.96. The molecule has 22 heavy (non-hydrogen) atoms. The SMILES string of the molecule is CN(C1CC2(C1)CN(c1cnnn3cccc13)C2)S(N)(=O)=O. The van der Waals surface area contributed by atoms with E-state index < -0.39 is 10.2 Å². The first-order valence-corrected chi connectivity index (χ1v) is 8.68. The summed E-state index contributed by atoms with van der Waals surface area (Å²) in [5.74, 6) is 0. The molecule has 2 aliphatic rings. The van der Waals surface area contributed by atoms with Crippen LogP contribution in [0.25, 0.3) is 5.52 Å². The smallest absolute Gasteiger partial charge is 0.276 e. The zero-order valence-corrected chi connectivity index (χ0v) is 13.1. The lowest BCUT2D eigenvalue weighted by Crippen LogP contribution is -2.67. The minimum Gasteiger partial charge on any atom is -0.367 e. The standard InChI is InChI=1S/C13H18N6O2S/c1-17(22(14,20)21)10-5-13(6-10)8-18(9-13)12-7-15-16-19-4-2-3-11(12)19/h2-4,7,10H,5-6,8-9H2,1H3,(H2,14,20,21). The molecule has 2 N–H and O–H groups in total. The van der Waals surface area contributed by atoms with Gasteiger partial charge in [-0.3, -0.25) is 0 Å². The highest BCUT2D eigenvalue weighted by Gasteiger charge is 2.54. The minimum absolute atomic E-state index is 0.0287. The van der Waals surface area contributed by atoms with Gasteiger partial charge in [-0.05, 0) is 25.0 Å². The molecule has 1 aliphatic heterocycles. The molecule has 0 atom stereocenters. The van der Waals surface area contributed by atoms with Gasteiger partial charge in [-0.2, -0.15) is 12.7 Å². The molecule has 0 amide bonds. The van der Waals surface area contributed by atoms with Crippen LogP contribution < -0.4 is 10.0 Å². The van der Waals surface area contributed by atoms with Crippen molar-refractivity contribution in [2.45, 2.75) is 18.9 Å². The third-order valence-corrected chi connectivity index (χ3v) is 6.07. The van der Waals surface area contributed by atoms with Crippen molar-refractivity contribution in [3.8, 4) is 0 Å². The summed E-state index contributed by atoms with van der Waals surface area (Å²) in [6.07, 6.45) is 5.40. The largest absolute Gasteiger partial charge is 0.367 e. The molecule has 118 valence electrons. The van der Waals surface area contributed by atoms with E-state index in [9.17, 15) is 8.42 Å². The summed E-state index contributed by atoms with van der Waals surface area (Å²) in [5.41, 5.74) is 2.34. The molecule has 0 unspecified atom stereocenters. The maximum Gasteiger partial charge on any atom is 0.276 e. The Hall–Kier alpha value is -1.71. The van der Waals surface area contributed by atoms with E-state index in [4.69, 9.17) is 5.14 Å². The van der Waals surface area contributed by atoms with Crippen molar-refractivity contribution >= 4 is 21.4 Å². The molecule has 8 nitrogen and oxygen atoms in total. The van der Waals surface area contributed by atoms with E-state index in [1.54, 1.807) is 17.8 Å². The van der Waals surface area contributed by atoms with Crippen LogP contribution in [0.4, 0.5) is 5.69 Å². The molecule has 1 saturated carbocycles. The molecule has 0 bridgehead atoms. The monoisotopic (exact) mass is 322 g/mol. The number of rotatable bonds is 3. The first kappa shape index (κ1) is 13.9. The van der Waals surface area contributed by atoms with Crippen LogP contribution >= 0.6 is 0 Å². The molecule has 0 radical (unpaired) electrons. The Morgan fingerprint density at radius 2 is 2.14 bits per heavy atom. The van der Waals surface area contributed by atoms with Crippen molar-refractivity contribution in [1.82, 2.24) is 19.1 Å². The van der Waals surface area contributed by atoms with Gasteiger partial charge in [-0.1, -0.05) is 5.21 Å². The van der Waals surface area contributed by atoms with Gasteiger partial charge in [0.05, 0.1) is 17.4 Å². The van der Waals surface area contributed by atoms with E-state index in [0.717, 1.165) is 37.1 Å². The van der Waals surface area contributed by atoms with Gasteiger partial charge < -0.3 is 4.90 Å². The lowest BCUT2D eigenvalue weighted by atomic mass is 9.60. The van der Waals surface area contributed by atoms with Crippen molar-refractivity contribution in [2.75, 3.05) is 25.0 Å². The Kier molecular flexibility index (Phi) is 2.78. The molecule has 0 aromatic carbocycles. The van der Waals surface area contributed by atoms with Crippen molar-refractivity contribution in [1.29, 1.82) is 0 Å². The second-order valence-electron chi connectivity index (χ2n) is 6.44. The van der Waals surface area contributed by atoms with Gasteiger partial charge in [0.1, 0.15) is 0 Å². The Labute approximate surface area is 128 Å². The van der Waals surface area contributed by atoms with Crippen LogP contribution in [0.2, 0.25) is 0 Å². The highest BCUT2D eigenvalue weighted by molar-refractivity contribution is 7.86. The molecule has 2 aromatic rings. The number of anilines is 1. The summed E-state index contributed by atoms with van der Waals surface area (Å²) >= 11 is 0. The average Bonchev–Trinajstić information content (AvgIpc) is 2.82. The van der Waals surface area contributed by atoms with Crippen LogP contribution in [0, 0.1) is 5.41 Å². The highest BCUT2D eigenvalue weighted by atomic mass is 32.2. The van der Waals surface area contributed by atoms with E-state index in [0.29, 0.717) is 0 Å². The predicted molar refractivity (Wildman–Crippen MR) is 81.5 cm³/mol. The summed E-state index contributed by atoms with van der Waals surface area (Å²) < 4.78 is 25.8. The molecule has 1 spiro atoms. The predicted octanol–water partition coefficient (Wildman–Crippen LogP) is -0.167. The van der Waals surface area contributed by atoms with Crippen molar-refractivity contribution in [3.05, 3.63) is 24.5 Å². The zero-order chi connectivity index (χ0) is 15.5. The summed E-state index contributed by atoms with van der Waals surface area (Å²) in [7, 11) is -2.03. The molecule has 3 heterocycles. The van der Waals surface area contributed by atoms with E-state index in [1.807, 2.05) is 18.3 Å². The minimum atomic E-state index is -3.59. The maximum absolute atomic E-state index is 11.4. The van der Waals surface area contributed by atoms with Crippen LogP contribution in [0.5, 0.6) is 0 Å². The Bertz CT molecular complexity index is 818. The summed E-state index contributed by atoms with van der Waals surface area (Å²) in [6, 6.07) is 4.00. The van der Waals surface area contributed by atoms with Crippen LogP contribution in [0.1, 0.15) is 12.8 Å². The molecule has 9 heteroatoms. The van der Waals surface area contributed by atoms with Gasteiger partial charge >= 0.3 is 0 Å². The molecule has 1 aliphatic carbocycles. The fourth-order valence-electron chi connectivity index (χ4n) is 3.70. The first-order valence-electron chi connectivity index (χ1n) is 7.18. The highest BCUT2D eigenvalue weighted by Crippen LogP contribution is 2.51. The summed E-state index contributed by atoms with van der Waals surface area (Å²) in [6.45, 7) is 1.85. The number of nitrogens with two attached hydrogens (primary N) is 1. The average molecular weight is 322 g/mol. The van der Waals surface area contributed by atoms with E-state index in [1.165, 1.54) is 4.31 Å². The number of nitrogens with zero attached hydrogens (tertiary/aromatic N) is 5. The quantitative estimate of drug-likeness (QED) is 0.846. The Morgan fingerprint density at radius 3 is 2.82 bits per heavy atom. The topological polar surface area (TPSA) is 96.8 Å². The zero-order valence-electron chi connectivity index (χ0n) is 12.3. The van der Waals surface area contributed by atoms with Gasteiger partial charge in [0.25, 0.3) is 10.2 Å². The lowest BCUT2D eigenvalue weighted by Gasteiger charge is -2.60. The van der Waals surface area contributed by atoms with Crippen LogP contribution in [0.3, 0.4) is 0 Å². The molecule has 4 rings (SSSR count).